The first-order valence-corrected chi connectivity index (χ1v) is 7.11. The van der Waals surface area contributed by atoms with Gasteiger partial charge >= 0.3 is 6.09 Å². The van der Waals surface area contributed by atoms with Crippen LogP contribution in [0, 0.1) is 0 Å². The molecular weight excluding hydrogens is 284 g/mol. The number of carbonyl (C=O) groups excluding carboxylic acids is 1. The van der Waals surface area contributed by atoms with Gasteiger partial charge in [0.15, 0.2) is 0 Å². The van der Waals surface area contributed by atoms with Gasteiger partial charge < -0.3 is 4.74 Å². The van der Waals surface area contributed by atoms with Crippen molar-refractivity contribution < 1.29 is 9.53 Å². The summed E-state index contributed by atoms with van der Waals surface area (Å²) in [7, 11) is 0. The molecule has 1 N–H and O–H groups in total. The topological polar surface area (TPSA) is 51.2 Å². The second kappa shape index (κ2) is 6.54. The number of ether oxygens (including phenoxy) is 1. The fraction of sp³-hybridized carbons (Fsp3) is 0.231. The summed E-state index contributed by atoms with van der Waals surface area (Å²) in [6, 6.07) is 5.06. The third-order valence-corrected chi connectivity index (χ3v) is 3.50. The Kier molecular flexibility index (Phi) is 4.76. The molecule has 0 saturated heterocycles. The van der Waals surface area contributed by atoms with Gasteiger partial charge in [-0.15, -0.1) is 11.3 Å². The summed E-state index contributed by atoms with van der Waals surface area (Å²) in [6.07, 6.45) is 3.00. The van der Waals surface area contributed by atoms with Crippen LogP contribution in [0.5, 0.6) is 5.75 Å². The molecule has 1 amide bonds. The van der Waals surface area contributed by atoms with Crippen LogP contribution < -0.4 is 10.1 Å². The van der Waals surface area contributed by atoms with Crippen molar-refractivity contribution in [1.82, 2.24) is 4.98 Å². The van der Waals surface area contributed by atoms with Crippen LogP contribution in [0.3, 0.4) is 0 Å². The van der Waals surface area contributed by atoms with Gasteiger partial charge in [-0.2, -0.15) is 0 Å². The molecule has 4 nitrogen and oxygen atoms in total. The van der Waals surface area contributed by atoms with Gasteiger partial charge in [0.05, 0.1) is 0 Å². The molecule has 0 aliphatic rings. The summed E-state index contributed by atoms with van der Waals surface area (Å²) < 4.78 is 5.16. The van der Waals surface area contributed by atoms with Crippen LogP contribution in [-0.4, -0.2) is 11.1 Å². The van der Waals surface area contributed by atoms with E-state index >= 15 is 0 Å². The Labute approximate surface area is 120 Å². The van der Waals surface area contributed by atoms with Crippen LogP contribution in [0.1, 0.15) is 18.2 Å². The van der Waals surface area contributed by atoms with E-state index in [-0.39, 0.29) is 0 Å². The van der Waals surface area contributed by atoms with E-state index in [1.807, 2.05) is 11.4 Å². The maximum absolute atomic E-state index is 11.6. The number of hydrogen-bond donors (Lipinski definition) is 1. The molecule has 19 heavy (non-hydrogen) atoms. The van der Waals surface area contributed by atoms with Gasteiger partial charge in [0.25, 0.3) is 0 Å². The minimum absolute atomic E-state index is 0.363. The van der Waals surface area contributed by atoms with Crippen LogP contribution in [0.2, 0.25) is 5.02 Å². The minimum Gasteiger partial charge on any atom is -0.409 e. The molecule has 0 fully saturated rings. The van der Waals surface area contributed by atoms with Gasteiger partial charge in [-0.25, -0.2) is 9.78 Å². The number of carbonyl (C=O) groups is 1. The van der Waals surface area contributed by atoms with Crippen LogP contribution in [0.25, 0.3) is 0 Å². The lowest BCUT2D eigenvalue weighted by atomic mass is 10.3. The molecule has 0 bridgehead atoms. The van der Waals surface area contributed by atoms with Gasteiger partial charge in [0.1, 0.15) is 11.6 Å². The van der Waals surface area contributed by atoms with Gasteiger partial charge in [0.2, 0.25) is 0 Å². The van der Waals surface area contributed by atoms with Crippen molar-refractivity contribution in [3.63, 3.8) is 0 Å². The van der Waals surface area contributed by atoms with Crippen molar-refractivity contribution in [1.29, 1.82) is 0 Å². The van der Waals surface area contributed by atoms with Crippen LogP contribution in [0.15, 0.2) is 29.8 Å². The second-order valence-corrected chi connectivity index (χ2v) is 5.30. The maximum atomic E-state index is 11.6. The molecule has 2 heterocycles. The zero-order valence-electron chi connectivity index (χ0n) is 10.4. The molecule has 0 saturated carbocycles. The number of aromatic nitrogens is 1. The maximum Gasteiger partial charge on any atom is 0.418 e. The van der Waals surface area contributed by atoms with Crippen molar-refractivity contribution in [2.45, 2.75) is 19.8 Å². The molecule has 6 heteroatoms. The van der Waals surface area contributed by atoms with E-state index in [0.717, 1.165) is 12.8 Å². The Balaban J connectivity index is 1.93. The third kappa shape index (κ3) is 4.22. The Morgan fingerprint density at radius 1 is 1.53 bits per heavy atom. The number of anilines is 1. The van der Waals surface area contributed by atoms with Crippen molar-refractivity contribution in [2.75, 3.05) is 5.32 Å². The van der Waals surface area contributed by atoms with Crippen LogP contribution >= 0.6 is 22.9 Å². The van der Waals surface area contributed by atoms with E-state index in [1.54, 1.807) is 23.5 Å². The molecule has 0 spiro atoms. The first kappa shape index (κ1) is 13.8. The molecule has 2 aromatic rings. The average molecular weight is 297 g/mol. The minimum atomic E-state index is -0.574. The van der Waals surface area contributed by atoms with E-state index in [4.69, 9.17) is 16.3 Å². The van der Waals surface area contributed by atoms with Gasteiger partial charge in [-0.1, -0.05) is 24.9 Å². The lowest BCUT2D eigenvalue weighted by Crippen LogP contribution is -2.17. The number of aryl methyl sites for hydroxylation is 1. The number of amides is 1. The Bertz CT molecular complexity index is 571. The highest BCUT2D eigenvalue weighted by atomic mass is 35.5. The Morgan fingerprint density at radius 3 is 3.11 bits per heavy atom. The largest absolute Gasteiger partial charge is 0.418 e. The highest BCUT2D eigenvalue weighted by Crippen LogP contribution is 2.23. The van der Waals surface area contributed by atoms with Crippen molar-refractivity contribution in [2.24, 2.45) is 0 Å². The molecule has 0 radical (unpaired) electrons. The average Bonchev–Trinajstić information content (AvgIpc) is 2.77. The van der Waals surface area contributed by atoms with Crippen LogP contribution in [0.4, 0.5) is 10.6 Å². The normalized spacial score (nSPS) is 10.2. The quantitative estimate of drug-likeness (QED) is 0.912. The lowest BCUT2D eigenvalue weighted by Gasteiger charge is -2.04. The van der Waals surface area contributed by atoms with Gasteiger partial charge in [0, 0.05) is 21.5 Å². The summed E-state index contributed by atoms with van der Waals surface area (Å²) >= 11 is 7.38. The summed E-state index contributed by atoms with van der Waals surface area (Å²) in [6.45, 7) is 2.11. The lowest BCUT2D eigenvalue weighted by molar-refractivity contribution is 0.215. The number of nitrogens with one attached hydrogen (secondary N) is 1. The number of thiophene rings is 1. The molecule has 0 aliphatic heterocycles. The van der Waals surface area contributed by atoms with Crippen molar-refractivity contribution in [3.8, 4) is 5.75 Å². The van der Waals surface area contributed by atoms with Crippen LogP contribution in [-0.2, 0) is 6.42 Å². The number of nitrogens with zero attached hydrogens (tertiary/aromatic N) is 1. The molecule has 0 unspecified atom stereocenters. The third-order valence-electron chi connectivity index (χ3n) is 2.29. The fourth-order valence-corrected chi connectivity index (χ4v) is 2.55. The SMILES string of the molecule is CCCc1cc(OC(=O)Nc2cc(Cl)ccn2)cs1. The van der Waals surface area contributed by atoms with E-state index in [2.05, 4.69) is 17.2 Å². The zero-order chi connectivity index (χ0) is 13.7. The monoisotopic (exact) mass is 296 g/mol. The number of halogens is 1. The molecule has 0 atom stereocenters. The predicted molar refractivity (Wildman–Crippen MR) is 77.2 cm³/mol. The number of rotatable bonds is 4. The molecule has 0 aliphatic carbocycles. The molecular formula is C13H13ClN2O2S. The molecule has 0 aromatic carbocycles. The second-order valence-electron chi connectivity index (χ2n) is 3.87. The molecule has 2 aromatic heterocycles. The number of hydrogen-bond acceptors (Lipinski definition) is 4. The van der Waals surface area contributed by atoms with Gasteiger partial charge in [-0.05, 0) is 24.6 Å². The summed E-state index contributed by atoms with van der Waals surface area (Å²) in [4.78, 5) is 16.8. The highest BCUT2D eigenvalue weighted by molar-refractivity contribution is 7.10. The highest BCUT2D eigenvalue weighted by Gasteiger charge is 2.08. The Morgan fingerprint density at radius 2 is 2.37 bits per heavy atom. The Hall–Kier alpha value is -1.59. The zero-order valence-corrected chi connectivity index (χ0v) is 11.9. The number of pyridine rings is 1. The van der Waals surface area contributed by atoms with E-state index in [1.165, 1.54) is 11.1 Å². The van der Waals surface area contributed by atoms with Crippen molar-refractivity contribution >= 4 is 34.8 Å². The van der Waals surface area contributed by atoms with E-state index in [0.29, 0.717) is 16.6 Å². The van der Waals surface area contributed by atoms with E-state index in [9.17, 15) is 4.79 Å². The molecule has 100 valence electrons. The summed E-state index contributed by atoms with van der Waals surface area (Å²) in [5.41, 5.74) is 0. The van der Waals surface area contributed by atoms with Gasteiger partial charge in [-0.3, -0.25) is 5.32 Å². The summed E-state index contributed by atoms with van der Waals surface area (Å²) in [5, 5.41) is 4.84. The standard InChI is InChI=1S/C13H13ClN2O2S/c1-2-3-11-7-10(8-19-11)18-13(17)16-12-6-9(14)4-5-15-12/h4-8H,2-3H2,1H3,(H,15,16,17). The first-order valence-electron chi connectivity index (χ1n) is 5.85. The van der Waals surface area contributed by atoms with E-state index < -0.39 is 6.09 Å². The molecule has 2 rings (SSSR count). The first-order chi connectivity index (χ1) is 9.17. The smallest absolute Gasteiger partial charge is 0.409 e. The summed E-state index contributed by atoms with van der Waals surface area (Å²) in [5.74, 6) is 0.912. The predicted octanol–water partition coefficient (Wildman–Crippen LogP) is 4.36. The fourth-order valence-electron chi connectivity index (χ4n) is 1.50. The van der Waals surface area contributed by atoms with Crippen molar-refractivity contribution in [3.05, 3.63) is 39.7 Å².